The van der Waals surface area contributed by atoms with Crippen LogP contribution in [0.2, 0.25) is 0 Å². The first kappa shape index (κ1) is 18.5. The average molecular weight is 374 g/mol. The summed E-state index contributed by atoms with van der Waals surface area (Å²) in [6, 6.07) is 1.99. The van der Waals surface area contributed by atoms with Crippen LogP contribution >= 0.6 is 0 Å². The fourth-order valence-electron chi connectivity index (χ4n) is 1.36. The van der Waals surface area contributed by atoms with Gasteiger partial charge in [-0.15, -0.1) is 0 Å². The molecule has 0 bridgehead atoms. The molecular formula is C10H14O9S3. The maximum absolute atomic E-state index is 11.2. The lowest BCUT2D eigenvalue weighted by atomic mass is 10.2. The summed E-state index contributed by atoms with van der Waals surface area (Å²) < 4.78 is 81.0. The molecule has 1 aromatic rings. The van der Waals surface area contributed by atoms with Crippen LogP contribution in [0.25, 0.3) is 0 Å². The van der Waals surface area contributed by atoms with Crippen LogP contribution in [0.5, 0.6) is 17.2 Å². The minimum atomic E-state index is -3.93. The van der Waals surface area contributed by atoms with Gasteiger partial charge < -0.3 is 12.5 Å². The SMILES string of the molecule is Cc1c(OS(C)(=O)=O)cc(OS(C)(=O)=O)cc1OS(C)(=O)=O. The zero-order valence-electron chi connectivity index (χ0n) is 12.1. The second-order valence-corrected chi connectivity index (χ2v) is 9.13. The predicted octanol–water partition coefficient (Wildman–Crippen LogP) is 0.0102. The van der Waals surface area contributed by atoms with E-state index >= 15 is 0 Å². The van der Waals surface area contributed by atoms with Crippen molar-refractivity contribution in [2.75, 3.05) is 18.8 Å². The van der Waals surface area contributed by atoms with Crippen LogP contribution < -0.4 is 12.5 Å². The molecule has 0 saturated carbocycles. The van der Waals surface area contributed by atoms with Crippen LogP contribution in [-0.4, -0.2) is 44.0 Å². The van der Waals surface area contributed by atoms with Gasteiger partial charge in [-0.2, -0.15) is 25.3 Å². The molecular weight excluding hydrogens is 360 g/mol. The lowest BCUT2D eigenvalue weighted by molar-refractivity contribution is 0.469. The van der Waals surface area contributed by atoms with E-state index < -0.39 is 30.4 Å². The first-order valence-electron chi connectivity index (χ1n) is 5.49. The predicted molar refractivity (Wildman–Crippen MR) is 77.6 cm³/mol. The van der Waals surface area contributed by atoms with Crippen LogP contribution in [0.15, 0.2) is 12.1 Å². The molecule has 0 saturated heterocycles. The Morgan fingerprint density at radius 1 is 0.682 bits per heavy atom. The molecule has 12 heteroatoms. The Balaban J connectivity index is 3.49. The van der Waals surface area contributed by atoms with Crippen molar-refractivity contribution in [2.45, 2.75) is 6.92 Å². The van der Waals surface area contributed by atoms with Crippen LogP contribution in [0, 0.1) is 6.92 Å². The van der Waals surface area contributed by atoms with Gasteiger partial charge in [-0.25, -0.2) is 0 Å². The van der Waals surface area contributed by atoms with Crippen molar-refractivity contribution < 1.29 is 37.8 Å². The Morgan fingerprint density at radius 2 is 1.00 bits per heavy atom. The molecule has 0 atom stereocenters. The van der Waals surface area contributed by atoms with Crippen LogP contribution in [0.4, 0.5) is 0 Å². The van der Waals surface area contributed by atoms with Crippen molar-refractivity contribution >= 4 is 30.4 Å². The molecule has 0 spiro atoms. The van der Waals surface area contributed by atoms with Crippen LogP contribution in [0.3, 0.4) is 0 Å². The standard InChI is InChI=1S/C10H14O9S3/c1-7-9(18-21(3,13)14)5-8(17-20(2,11)12)6-10(7)19-22(4,15)16/h5-6H,1-4H3. The summed E-state index contributed by atoms with van der Waals surface area (Å²) in [5.74, 6) is -0.991. The van der Waals surface area contributed by atoms with Crippen LogP contribution in [0.1, 0.15) is 5.56 Å². The topological polar surface area (TPSA) is 130 Å². The van der Waals surface area contributed by atoms with Gasteiger partial charge >= 0.3 is 30.4 Å². The fraction of sp³-hybridized carbons (Fsp3) is 0.400. The Labute approximate surface area is 129 Å². The van der Waals surface area contributed by atoms with E-state index in [1.165, 1.54) is 6.92 Å². The molecule has 9 nitrogen and oxygen atoms in total. The zero-order valence-corrected chi connectivity index (χ0v) is 14.5. The fourth-order valence-corrected chi connectivity index (χ4v) is 2.80. The molecule has 0 aliphatic heterocycles. The normalized spacial score (nSPS) is 12.7. The van der Waals surface area contributed by atoms with Gasteiger partial charge in [0, 0.05) is 17.7 Å². The van der Waals surface area contributed by atoms with Gasteiger partial charge in [0.2, 0.25) is 0 Å². The summed E-state index contributed by atoms with van der Waals surface area (Å²) in [4.78, 5) is 0. The van der Waals surface area contributed by atoms with Crippen molar-refractivity contribution in [1.29, 1.82) is 0 Å². The summed E-state index contributed by atoms with van der Waals surface area (Å²) >= 11 is 0. The van der Waals surface area contributed by atoms with E-state index in [2.05, 4.69) is 12.5 Å². The monoisotopic (exact) mass is 374 g/mol. The van der Waals surface area contributed by atoms with E-state index in [4.69, 9.17) is 0 Å². The van der Waals surface area contributed by atoms with Crippen molar-refractivity contribution in [1.82, 2.24) is 0 Å². The van der Waals surface area contributed by atoms with Gasteiger partial charge in [0.05, 0.1) is 18.8 Å². The zero-order chi connectivity index (χ0) is 17.3. The van der Waals surface area contributed by atoms with Gasteiger partial charge in [-0.05, 0) is 6.92 Å². The highest BCUT2D eigenvalue weighted by Crippen LogP contribution is 2.35. The third-order valence-corrected chi connectivity index (χ3v) is 3.48. The minimum Gasteiger partial charge on any atom is -0.382 e. The minimum absolute atomic E-state index is 0.0386. The Hall–Kier alpha value is -1.53. The number of rotatable bonds is 6. The lowest BCUT2D eigenvalue weighted by Crippen LogP contribution is -2.11. The van der Waals surface area contributed by atoms with E-state index in [9.17, 15) is 25.3 Å². The third-order valence-electron chi connectivity index (χ3n) is 2.02. The number of benzene rings is 1. The van der Waals surface area contributed by atoms with Crippen molar-refractivity contribution in [2.24, 2.45) is 0 Å². The average Bonchev–Trinajstić information content (AvgIpc) is 2.18. The van der Waals surface area contributed by atoms with Crippen molar-refractivity contribution in [3.05, 3.63) is 17.7 Å². The first-order chi connectivity index (χ1) is 9.66. The largest absolute Gasteiger partial charge is 0.382 e. The van der Waals surface area contributed by atoms with Gasteiger partial charge in [0.25, 0.3) is 0 Å². The number of hydrogen-bond acceptors (Lipinski definition) is 9. The molecule has 0 radical (unpaired) electrons. The van der Waals surface area contributed by atoms with Gasteiger partial charge in [-0.3, -0.25) is 0 Å². The van der Waals surface area contributed by atoms with Crippen molar-refractivity contribution in [3.8, 4) is 17.2 Å². The van der Waals surface area contributed by atoms with Gasteiger partial charge in [0.15, 0.2) is 11.5 Å². The molecule has 0 aliphatic carbocycles. The summed E-state index contributed by atoms with van der Waals surface area (Å²) in [7, 11) is -11.8. The summed E-state index contributed by atoms with van der Waals surface area (Å²) in [5, 5.41) is 0. The highest BCUT2D eigenvalue weighted by atomic mass is 32.2. The molecule has 1 rings (SSSR count). The summed E-state index contributed by atoms with van der Waals surface area (Å²) in [6.45, 7) is 1.34. The Bertz CT molecular complexity index is 825. The maximum Gasteiger partial charge on any atom is 0.306 e. The van der Waals surface area contributed by atoms with Crippen molar-refractivity contribution in [3.63, 3.8) is 0 Å². The highest BCUT2D eigenvalue weighted by Gasteiger charge is 2.19. The van der Waals surface area contributed by atoms with E-state index in [-0.39, 0.29) is 22.8 Å². The molecule has 0 unspecified atom stereocenters. The Kier molecular flexibility index (Phi) is 4.99. The molecule has 0 aliphatic rings. The summed E-state index contributed by atoms with van der Waals surface area (Å²) in [5.41, 5.74) is 0.0386. The van der Waals surface area contributed by atoms with Gasteiger partial charge in [-0.1, -0.05) is 0 Å². The molecule has 0 heterocycles. The smallest absolute Gasteiger partial charge is 0.306 e. The van der Waals surface area contributed by atoms with E-state index in [0.29, 0.717) is 0 Å². The second-order valence-electron chi connectivity index (χ2n) is 4.41. The molecule has 0 N–H and O–H groups in total. The maximum atomic E-state index is 11.2. The highest BCUT2D eigenvalue weighted by molar-refractivity contribution is 7.86. The van der Waals surface area contributed by atoms with Gasteiger partial charge in [0.1, 0.15) is 5.75 Å². The quantitative estimate of drug-likeness (QED) is 0.632. The second kappa shape index (κ2) is 5.93. The molecule has 0 fully saturated rings. The third kappa shape index (κ3) is 6.49. The Morgan fingerprint density at radius 3 is 1.27 bits per heavy atom. The summed E-state index contributed by atoms with van der Waals surface area (Å²) in [6.07, 6.45) is 2.31. The molecule has 22 heavy (non-hydrogen) atoms. The molecule has 126 valence electrons. The molecule has 0 amide bonds. The number of hydrogen-bond donors (Lipinski definition) is 0. The molecule has 1 aromatic carbocycles. The van der Waals surface area contributed by atoms with E-state index in [0.717, 1.165) is 30.9 Å². The van der Waals surface area contributed by atoms with Crippen LogP contribution in [-0.2, 0) is 30.4 Å². The lowest BCUT2D eigenvalue weighted by Gasteiger charge is -2.13. The van der Waals surface area contributed by atoms with E-state index in [1.807, 2.05) is 0 Å². The first-order valence-corrected chi connectivity index (χ1v) is 10.9. The van der Waals surface area contributed by atoms with E-state index in [1.54, 1.807) is 0 Å². The molecule has 0 aromatic heterocycles.